The van der Waals surface area contributed by atoms with E-state index in [2.05, 4.69) is 54.5 Å². The molecule has 0 aromatic heterocycles. The van der Waals surface area contributed by atoms with Crippen molar-refractivity contribution in [2.24, 2.45) is 38.7 Å². The summed E-state index contributed by atoms with van der Waals surface area (Å²) in [7, 11) is 0. The molecule has 0 spiro atoms. The molecule has 2 rings (SSSR count). The summed E-state index contributed by atoms with van der Waals surface area (Å²) < 4.78 is 0. The van der Waals surface area contributed by atoms with Crippen LogP contribution in [0.25, 0.3) is 0 Å². The number of aliphatic imine (C=N–C) groups is 2. The van der Waals surface area contributed by atoms with Crippen molar-refractivity contribution in [1.29, 1.82) is 0 Å². The third-order valence-electron chi connectivity index (χ3n) is 10.0. The Kier molecular flexibility index (Phi) is 23.5. The van der Waals surface area contributed by atoms with Crippen LogP contribution in [0.5, 0.6) is 0 Å². The standard InChI is InChI=1S/C39H64N14O11S/c1-20(54)29(34(60)50-26(19-65)32(58)49-25(37(63)64)17-22-9-4-3-5-10-22)52-35(61)30(21(2)55)51-31(57)23(11-6-14-45-38(41)42)48-33(59)27-13-8-16-53(27)36(62)24(47-28(56)18-40)12-7-15-46-39(43)44/h3-5,9-10,20-21,23-27,29-30,54-55,65H,6-8,11-19,40H2,1-2H3,(H,47,56)(H,48,59)(H,49,58)(H,50,60)(H,51,57)(H,52,61)(H,63,64)(H4,41,42,45)(H4,43,44,46)/t20-,21-,23+,24+,25+,26+,27+,29+,30+/m1/s1. The highest BCUT2D eigenvalue weighted by Crippen LogP contribution is 2.20. The number of nitrogens with one attached hydrogen (secondary N) is 6. The van der Waals surface area contributed by atoms with Gasteiger partial charge >= 0.3 is 5.97 Å². The molecule has 7 amide bonds. The third-order valence-corrected chi connectivity index (χ3v) is 10.4. The van der Waals surface area contributed by atoms with Crippen molar-refractivity contribution in [3.8, 4) is 0 Å². The summed E-state index contributed by atoms with van der Waals surface area (Å²) in [5.41, 5.74) is 27.7. The summed E-state index contributed by atoms with van der Waals surface area (Å²) in [6.45, 7) is 2.22. The van der Waals surface area contributed by atoms with Crippen LogP contribution >= 0.6 is 12.6 Å². The lowest BCUT2D eigenvalue weighted by Crippen LogP contribution is -2.63. The van der Waals surface area contributed by atoms with E-state index < -0.39 is 108 Å². The SMILES string of the molecule is C[C@@H](O)[C@H](NC(=O)[C@H](CCCN=C(N)N)NC(=O)[C@@H]1CCCN1C(=O)[C@H](CCCN=C(N)N)NC(=O)CN)C(=O)N[C@H](C(=O)N[C@@H](CS)C(=O)N[C@@H](Cc1ccccc1)C(=O)O)[C@@H](C)O. The number of amides is 7. The van der Waals surface area contributed by atoms with Crippen molar-refractivity contribution in [2.75, 3.05) is 31.9 Å². The second kappa shape index (κ2) is 27.8. The van der Waals surface area contributed by atoms with Crippen molar-refractivity contribution < 1.29 is 53.7 Å². The first-order chi connectivity index (χ1) is 30.7. The van der Waals surface area contributed by atoms with Crippen LogP contribution in [0.2, 0.25) is 0 Å². The van der Waals surface area contributed by atoms with Crippen molar-refractivity contribution in [3.05, 3.63) is 35.9 Å². The first-order valence-corrected chi connectivity index (χ1v) is 21.5. The van der Waals surface area contributed by atoms with E-state index >= 15 is 0 Å². The van der Waals surface area contributed by atoms with E-state index in [-0.39, 0.29) is 69.4 Å². The highest BCUT2D eigenvalue weighted by Gasteiger charge is 2.40. The molecule has 1 heterocycles. The zero-order valence-electron chi connectivity index (χ0n) is 36.4. The van der Waals surface area contributed by atoms with E-state index in [0.29, 0.717) is 18.4 Å². The molecule has 19 N–H and O–H groups in total. The Morgan fingerprint density at radius 1 is 0.723 bits per heavy atom. The van der Waals surface area contributed by atoms with Gasteiger partial charge in [0, 0.05) is 31.8 Å². The van der Waals surface area contributed by atoms with Gasteiger partial charge in [-0.25, -0.2) is 4.79 Å². The molecule has 1 aromatic carbocycles. The predicted molar refractivity (Wildman–Crippen MR) is 240 cm³/mol. The molecular weight excluding hydrogens is 873 g/mol. The first kappa shape index (κ1) is 54.9. The fourth-order valence-corrected chi connectivity index (χ4v) is 6.90. The number of guanidine groups is 2. The minimum Gasteiger partial charge on any atom is -0.480 e. The molecule has 0 saturated carbocycles. The van der Waals surface area contributed by atoms with Crippen LogP contribution in [0.15, 0.2) is 40.3 Å². The number of rotatable bonds is 27. The minimum atomic E-state index is -1.79. The van der Waals surface area contributed by atoms with Gasteiger partial charge in [-0.2, -0.15) is 12.6 Å². The third kappa shape index (κ3) is 18.8. The Morgan fingerprint density at radius 2 is 1.23 bits per heavy atom. The van der Waals surface area contributed by atoms with Crippen molar-refractivity contribution in [1.82, 2.24) is 36.8 Å². The number of nitrogens with zero attached hydrogens (tertiary/aromatic N) is 3. The number of aliphatic carboxylic acids is 1. The monoisotopic (exact) mass is 936 g/mol. The Bertz CT molecular complexity index is 1850. The predicted octanol–water partition coefficient (Wildman–Crippen LogP) is -6.03. The summed E-state index contributed by atoms with van der Waals surface area (Å²) in [5.74, 6) is -8.14. The topological polar surface area (TPSA) is 427 Å². The van der Waals surface area contributed by atoms with Crippen LogP contribution in [-0.2, 0) is 44.8 Å². The Morgan fingerprint density at radius 3 is 1.74 bits per heavy atom. The fraction of sp³-hybridized carbons (Fsp3) is 0.590. The van der Waals surface area contributed by atoms with Gasteiger partial charge in [-0.15, -0.1) is 0 Å². The summed E-state index contributed by atoms with van der Waals surface area (Å²) in [5, 5.41) is 45.4. The van der Waals surface area contributed by atoms with Crippen LogP contribution in [0.3, 0.4) is 0 Å². The number of hydrogen-bond acceptors (Lipinski definition) is 14. The van der Waals surface area contributed by atoms with E-state index in [0.717, 1.165) is 13.8 Å². The highest BCUT2D eigenvalue weighted by molar-refractivity contribution is 7.80. The molecule has 1 aliphatic rings. The number of carbonyl (C=O) groups excluding carboxylic acids is 7. The summed E-state index contributed by atoms with van der Waals surface area (Å²) >= 11 is 4.11. The maximum absolute atomic E-state index is 13.9. The number of benzene rings is 1. The van der Waals surface area contributed by atoms with Crippen molar-refractivity contribution in [2.45, 2.75) is 113 Å². The van der Waals surface area contributed by atoms with Crippen molar-refractivity contribution >= 4 is 71.9 Å². The zero-order valence-corrected chi connectivity index (χ0v) is 37.2. The van der Waals surface area contributed by atoms with Gasteiger partial charge in [0.1, 0.15) is 42.3 Å². The Labute approximate surface area is 381 Å². The molecule has 362 valence electrons. The first-order valence-electron chi connectivity index (χ1n) is 20.9. The molecule has 0 radical (unpaired) electrons. The molecule has 65 heavy (non-hydrogen) atoms. The quantitative estimate of drug-likeness (QED) is 0.0169. The molecule has 1 fully saturated rings. The molecule has 25 nitrogen and oxygen atoms in total. The number of likely N-dealkylation sites (tertiary alicyclic amines) is 1. The molecule has 9 atom stereocenters. The smallest absolute Gasteiger partial charge is 0.326 e. The molecule has 0 unspecified atom stereocenters. The molecular formula is C39H64N14O11S. The van der Waals surface area contributed by atoms with Crippen LogP contribution in [-0.4, -0.2) is 166 Å². The van der Waals surface area contributed by atoms with Gasteiger partial charge in [-0.1, -0.05) is 30.3 Å². The lowest BCUT2D eigenvalue weighted by molar-refractivity contribution is -0.142. The summed E-state index contributed by atoms with van der Waals surface area (Å²) in [6.07, 6.45) is -2.31. The van der Waals surface area contributed by atoms with E-state index in [1.54, 1.807) is 30.3 Å². The number of aliphatic hydroxyl groups is 2. The van der Waals surface area contributed by atoms with Crippen LogP contribution in [0.4, 0.5) is 0 Å². The van der Waals surface area contributed by atoms with E-state index in [9.17, 15) is 53.7 Å². The average molecular weight is 937 g/mol. The lowest BCUT2D eigenvalue weighted by atomic mass is 10.0. The summed E-state index contributed by atoms with van der Waals surface area (Å²) in [4.78, 5) is 115. The molecule has 1 aliphatic heterocycles. The van der Waals surface area contributed by atoms with Crippen LogP contribution in [0.1, 0.15) is 57.9 Å². The van der Waals surface area contributed by atoms with Crippen LogP contribution in [0, 0.1) is 0 Å². The summed E-state index contributed by atoms with van der Waals surface area (Å²) in [6, 6.07) is -1.49. The average Bonchev–Trinajstić information content (AvgIpc) is 3.75. The number of hydrogen-bond donors (Lipinski definition) is 15. The fourth-order valence-electron chi connectivity index (χ4n) is 6.64. The number of carboxylic acid groups (broad SMARTS) is 1. The maximum atomic E-state index is 13.9. The van der Waals surface area contributed by atoms with E-state index in [1.807, 2.05) is 0 Å². The van der Waals surface area contributed by atoms with Gasteiger partial charge in [0.15, 0.2) is 11.9 Å². The number of thiol groups is 1. The molecule has 26 heteroatoms. The molecule has 0 aliphatic carbocycles. The highest BCUT2D eigenvalue weighted by atomic mass is 32.1. The van der Waals surface area contributed by atoms with Crippen LogP contribution < -0.4 is 60.6 Å². The number of aliphatic hydroxyl groups excluding tert-OH is 2. The van der Waals surface area contributed by atoms with Gasteiger partial charge in [0.2, 0.25) is 41.4 Å². The minimum absolute atomic E-state index is 0.0270. The van der Waals surface area contributed by atoms with Gasteiger partial charge in [-0.3, -0.25) is 43.5 Å². The molecule has 0 bridgehead atoms. The number of carboxylic acids is 1. The van der Waals surface area contributed by atoms with Gasteiger partial charge in [0.25, 0.3) is 0 Å². The van der Waals surface area contributed by atoms with E-state index in [4.69, 9.17) is 28.7 Å². The molecule has 1 aromatic rings. The van der Waals surface area contributed by atoms with Gasteiger partial charge in [-0.05, 0) is 57.9 Å². The van der Waals surface area contributed by atoms with Crippen molar-refractivity contribution in [3.63, 3.8) is 0 Å². The number of carbonyl (C=O) groups is 8. The Balaban J connectivity index is 2.26. The lowest BCUT2D eigenvalue weighted by Gasteiger charge is -2.31. The zero-order chi connectivity index (χ0) is 48.8. The number of nitrogens with two attached hydrogens (primary N) is 5. The van der Waals surface area contributed by atoms with Gasteiger partial charge in [0.05, 0.1) is 18.8 Å². The largest absolute Gasteiger partial charge is 0.480 e. The Hall–Kier alpha value is -6.25. The van der Waals surface area contributed by atoms with E-state index in [1.165, 1.54) is 4.90 Å². The molecule has 1 saturated heterocycles. The van der Waals surface area contributed by atoms with Gasteiger partial charge < -0.3 is 80.8 Å². The second-order valence-corrected chi connectivity index (χ2v) is 15.6. The maximum Gasteiger partial charge on any atom is 0.326 e. The second-order valence-electron chi connectivity index (χ2n) is 15.3. The normalized spacial score (nSPS) is 17.0.